The second kappa shape index (κ2) is 5.12. The standard InChI is InChI=1S/C11H14FNO3S/c12-10-1-3-11(4-2-10)17(14,15)13-7-9-5-6-16-8-9/h1-4,9,13H,5-8H2. The summed E-state index contributed by atoms with van der Waals surface area (Å²) in [6.07, 6.45) is 0.867. The van der Waals surface area contributed by atoms with Gasteiger partial charge in [-0.25, -0.2) is 17.5 Å². The van der Waals surface area contributed by atoms with Crippen molar-refractivity contribution in [2.75, 3.05) is 19.8 Å². The highest BCUT2D eigenvalue weighted by atomic mass is 32.2. The van der Waals surface area contributed by atoms with Gasteiger partial charge in [0.25, 0.3) is 0 Å². The van der Waals surface area contributed by atoms with E-state index in [1.807, 2.05) is 0 Å². The fourth-order valence-corrected chi connectivity index (χ4v) is 2.79. The largest absolute Gasteiger partial charge is 0.381 e. The van der Waals surface area contributed by atoms with Gasteiger partial charge >= 0.3 is 0 Å². The molecule has 0 radical (unpaired) electrons. The van der Waals surface area contributed by atoms with Crippen LogP contribution in [0.25, 0.3) is 0 Å². The van der Waals surface area contributed by atoms with Crippen LogP contribution in [-0.4, -0.2) is 28.2 Å². The van der Waals surface area contributed by atoms with E-state index in [0.29, 0.717) is 19.8 Å². The van der Waals surface area contributed by atoms with Crippen molar-refractivity contribution in [1.82, 2.24) is 4.72 Å². The van der Waals surface area contributed by atoms with Crippen LogP contribution in [0.1, 0.15) is 6.42 Å². The Bertz CT molecular complexity index is 466. The SMILES string of the molecule is O=S(=O)(NCC1CCOC1)c1ccc(F)cc1. The average molecular weight is 259 g/mol. The maximum Gasteiger partial charge on any atom is 0.240 e. The molecule has 6 heteroatoms. The van der Waals surface area contributed by atoms with Gasteiger partial charge < -0.3 is 4.74 Å². The van der Waals surface area contributed by atoms with E-state index in [2.05, 4.69) is 4.72 Å². The molecule has 94 valence electrons. The molecule has 0 saturated carbocycles. The van der Waals surface area contributed by atoms with Gasteiger partial charge in [0.2, 0.25) is 10.0 Å². The van der Waals surface area contributed by atoms with Crippen molar-refractivity contribution in [3.63, 3.8) is 0 Å². The number of ether oxygens (including phenoxy) is 1. The van der Waals surface area contributed by atoms with E-state index in [-0.39, 0.29) is 10.8 Å². The molecule has 1 fully saturated rings. The van der Waals surface area contributed by atoms with E-state index >= 15 is 0 Å². The Balaban J connectivity index is 2.00. The summed E-state index contributed by atoms with van der Waals surface area (Å²) in [7, 11) is -3.54. The first-order chi connectivity index (χ1) is 8.08. The first-order valence-corrected chi connectivity index (χ1v) is 6.89. The Labute approximate surface area is 99.8 Å². The zero-order valence-corrected chi connectivity index (χ0v) is 10.0. The van der Waals surface area contributed by atoms with Crippen LogP contribution in [0.15, 0.2) is 29.2 Å². The summed E-state index contributed by atoms with van der Waals surface area (Å²) >= 11 is 0. The summed E-state index contributed by atoms with van der Waals surface area (Å²) in [6, 6.07) is 4.77. The highest BCUT2D eigenvalue weighted by molar-refractivity contribution is 7.89. The molecule has 2 rings (SSSR count). The summed E-state index contributed by atoms with van der Waals surface area (Å²) in [6.45, 7) is 1.63. The Morgan fingerprint density at radius 2 is 2.06 bits per heavy atom. The van der Waals surface area contributed by atoms with Gasteiger partial charge in [0, 0.05) is 13.2 Å². The van der Waals surface area contributed by atoms with Crippen LogP contribution >= 0.6 is 0 Å². The zero-order valence-electron chi connectivity index (χ0n) is 9.23. The highest BCUT2D eigenvalue weighted by Gasteiger charge is 2.20. The molecule has 1 aromatic rings. The van der Waals surface area contributed by atoms with Crippen LogP contribution in [0.5, 0.6) is 0 Å². The number of hydrogen-bond donors (Lipinski definition) is 1. The molecule has 1 aliphatic heterocycles. The minimum atomic E-state index is -3.54. The Morgan fingerprint density at radius 1 is 1.35 bits per heavy atom. The Kier molecular flexibility index (Phi) is 3.76. The smallest absolute Gasteiger partial charge is 0.240 e. The number of nitrogens with one attached hydrogen (secondary N) is 1. The molecule has 1 aromatic carbocycles. The summed E-state index contributed by atoms with van der Waals surface area (Å²) in [5, 5.41) is 0. The lowest BCUT2D eigenvalue weighted by Gasteiger charge is -2.10. The topological polar surface area (TPSA) is 55.4 Å². The molecule has 1 heterocycles. The van der Waals surface area contributed by atoms with Crippen LogP contribution in [0.2, 0.25) is 0 Å². The van der Waals surface area contributed by atoms with E-state index in [4.69, 9.17) is 4.74 Å². The Morgan fingerprint density at radius 3 is 2.65 bits per heavy atom. The maximum atomic E-state index is 12.7. The average Bonchev–Trinajstić information content (AvgIpc) is 2.80. The molecule has 1 N–H and O–H groups in total. The number of rotatable bonds is 4. The first kappa shape index (κ1) is 12.5. The second-order valence-electron chi connectivity index (χ2n) is 4.04. The normalized spacial score (nSPS) is 20.6. The molecule has 1 atom stereocenters. The molecule has 0 amide bonds. The predicted molar refractivity (Wildman–Crippen MR) is 60.5 cm³/mol. The monoisotopic (exact) mass is 259 g/mol. The molecule has 0 aliphatic carbocycles. The molecular weight excluding hydrogens is 245 g/mol. The summed E-state index contributed by atoms with van der Waals surface area (Å²) in [5.41, 5.74) is 0. The van der Waals surface area contributed by atoms with Crippen LogP contribution in [0.3, 0.4) is 0 Å². The van der Waals surface area contributed by atoms with E-state index in [1.165, 1.54) is 12.1 Å². The lowest BCUT2D eigenvalue weighted by molar-refractivity contribution is 0.186. The van der Waals surface area contributed by atoms with E-state index in [9.17, 15) is 12.8 Å². The number of halogens is 1. The lowest BCUT2D eigenvalue weighted by Crippen LogP contribution is -2.29. The van der Waals surface area contributed by atoms with Crippen molar-refractivity contribution in [1.29, 1.82) is 0 Å². The zero-order chi connectivity index (χ0) is 12.3. The van der Waals surface area contributed by atoms with Crippen molar-refractivity contribution >= 4 is 10.0 Å². The van der Waals surface area contributed by atoms with Crippen molar-refractivity contribution in [2.45, 2.75) is 11.3 Å². The van der Waals surface area contributed by atoms with Crippen molar-refractivity contribution < 1.29 is 17.5 Å². The van der Waals surface area contributed by atoms with Crippen LogP contribution in [0.4, 0.5) is 4.39 Å². The quantitative estimate of drug-likeness (QED) is 0.882. The molecule has 1 saturated heterocycles. The minimum absolute atomic E-state index is 0.0813. The van der Waals surface area contributed by atoms with Gasteiger partial charge in [-0.15, -0.1) is 0 Å². The molecule has 17 heavy (non-hydrogen) atoms. The number of sulfonamides is 1. The van der Waals surface area contributed by atoms with Crippen molar-refractivity contribution in [3.8, 4) is 0 Å². The van der Waals surface area contributed by atoms with Gasteiger partial charge in [-0.2, -0.15) is 0 Å². The molecule has 1 unspecified atom stereocenters. The highest BCUT2D eigenvalue weighted by Crippen LogP contribution is 2.13. The fraction of sp³-hybridized carbons (Fsp3) is 0.455. The minimum Gasteiger partial charge on any atom is -0.381 e. The molecule has 0 spiro atoms. The third kappa shape index (κ3) is 3.24. The van der Waals surface area contributed by atoms with Crippen molar-refractivity contribution in [2.24, 2.45) is 5.92 Å². The van der Waals surface area contributed by atoms with Gasteiger partial charge in [0.1, 0.15) is 5.82 Å². The van der Waals surface area contributed by atoms with Crippen LogP contribution < -0.4 is 4.72 Å². The molecule has 4 nitrogen and oxygen atoms in total. The van der Waals surface area contributed by atoms with Gasteiger partial charge in [0.15, 0.2) is 0 Å². The second-order valence-corrected chi connectivity index (χ2v) is 5.80. The predicted octanol–water partition coefficient (Wildman–Crippen LogP) is 1.14. The number of hydrogen-bond acceptors (Lipinski definition) is 3. The van der Waals surface area contributed by atoms with Gasteiger partial charge in [-0.05, 0) is 36.6 Å². The third-order valence-corrected chi connectivity index (χ3v) is 4.15. The molecule has 0 bridgehead atoms. The third-order valence-electron chi connectivity index (χ3n) is 2.71. The van der Waals surface area contributed by atoms with Crippen molar-refractivity contribution in [3.05, 3.63) is 30.1 Å². The van der Waals surface area contributed by atoms with Crippen LogP contribution in [0, 0.1) is 11.7 Å². The van der Waals surface area contributed by atoms with E-state index < -0.39 is 15.8 Å². The summed E-state index contributed by atoms with van der Waals surface area (Å²) in [4.78, 5) is 0.0813. The fourth-order valence-electron chi connectivity index (χ4n) is 1.67. The van der Waals surface area contributed by atoms with E-state index in [0.717, 1.165) is 18.6 Å². The lowest BCUT2D eigenvalue weighted by atomic mass is 10.1. The maximum absolute atomic E-state index is 12.7. The van der Waals surface area contributed by atoms with E-state index in [1.54, 1.807) is 0 Å². The molecule has 1 aliphatic rings. The van der Waals surface area contributed by atoms with Crippen LogP contribution in [-0.2, 0) is 14.8 Å². The first-order valence-electron chi connectivity index (χ1n) is 5.41. The van der Waals surface area contributed by atoms with Gasteiger partial charge in [-0.1, -0.05) is 0 Å². The molecular formula is C11H14FNO3S. The summed E-state index contributed by atoms with van der Waals surface area (Å²) < 4.78 is 44.0. The van der Waals surface area contributed by atoms with Gasteiger partial charge in [-0.3, -0.25) is 0 Å². The number of benzene rings is 1. The molecule has 0 aromatic heterocycles. The summed E-state index contributed by atoms with van der Waals surface area (Å²) in [5.74, 6) is -0.224. The Hall–Kier alpha value is -0.980. The van der Waals surface area contributed by atoms with Gasteiger partial charge in [0.05, 0.1) is 11.5 Å².